The van der Waals surface area contributed by atoms with E-state index in [1.54, 1.807) is 56.3 Å². The number of fused-ring (bicyclic) bond motifs is 2. The van der Waals surface area contributed by atoms with Crippen LogP contribution in [-0.2, 0) is 9.47 Å². The van der Waals surface area contributed by atoms with Crippen molar-refractivity contribution in [3.63, 3.8) is 0 Å². The smallest absolute Gasteiger partial charge is 0.338 e. The Morgan fingerprint density at radius 3 is 2.45 bits per heavy atom. The van der Waals surface area contributed by atoms with E-state index in [-0.39, 0.29) is 0 Å². The van der Waals surface area contributed by atoms with Crippen molar-refractivity contribution in [3.05, 3.63) is 59.3 Å². The van der Waals surface area contributed by atoms with Crippen LogP contribution in [-0.4, -0.2) is 30.1 Å². The van der Waals surface area contributed by atoms with Crippen LogP contribution in [0.25, 0.3) is 17.2 Å². The number of hydrogen-bond acceptors (Lipinski definition) is 8. The third-order valence-corrected chi connectivity index (χ3v) is 4.14. The van der Waals surface area contributed by atoms with E-state index in [4.69, 9.17) is 18.6 Å². The highest BCUT2D eigenvalue weighted by Gasteiger charge is 2.20. The lowest BCUT2D eigenvalue weighted by atomic mass is 10.2. The van der Waals surface area contributed by atoms with Gasteiger partial charge < -0.3 is 23.9 Å². The first-order chi connectivity index (χ1) is 14.1. The van der Waals surface area contributed by atoms with Crippen LogP contribution in [0.5, 0.6) is 5.75 Å². The summed E-state index contributed by atoms with van der Waals surface area (Å²) >= 11 is 0. The first-order valence-electron chi connectivity index (χ1n) is 9.13. The number of benzene rings is 2. The van der Waals surface area contributed by atoms with Crippen molar-refractivity contribution in [2.75, 3.05) is 18.5 Å². The molecule has 148 valence electrons. The van der Waals surface area contributed by atoms with Gasteiger partial charge in [-0.25, -0.2) is 14.6 Å². The van der Waals surface area contributed by atoms with E-state index in [2.05, 4.69) is 10.3 Å². The third kappa shape index (κ3) is 3.77. The van der Waals surface area contributed by atoms with Gasteiger partial charge in [0.05, 0.1) is 36.1 Å². The number of aromatic nitrogens is 1. The summed E-state index contributed by atoms with van der Waals surface area (Å²) in [5.41, 5.74) is 2.53. The molecule has 8 heteroatoms. The van der Waals surface area contributed by atoms with Gasteiger partial charge in [-0.2, -0.15) is 0 Å². The third-order valence-electron chi connectivity index (χ3n) is 4.14. The molecular formula is C21H18N2O6. The van der Waals surface area contributed by atoms with Crippen LogP contribution < -0.4 is 10.1 Å². The summed E-state index contributed by atoms with van der Waals surface area (Å²) in [6.45, 7) is 4.11. The van der Waals surface area contributed by atoms with Crippen LogP contribution in [0.4, 0.5) is 5.69 Å². The number of oxazole rings is 1. The van der Waals surface area contributed by atoms with Gasteiger partial charge in [0.15, 0.2) is 11.3 Å². The van der Waals surface area contributed by atoms with Gasteiger partial charge in [0.1, 0.15) is 5.52 Å². The Bertz CT molecular complexity index is 1130. The molecule has 0 atom stereocenters. The maximum atomic E-state index is 11.9. The zero-order chi connectivity index (χ0) is 20.4. The van der Waals surface area contributed by atoms with Crippen LogP contribution in [0.15, 0.2) is 46.7 Å². The van der Waals surface area contributed by atoms with E-state index < -0.39 is 11.9 Å². The molecule has 0 aliphatic carbocycles. The zero-order valence-corrected chi connectivity index (χ0v) is 15.9. The summed E-state index contributed by atoms with van der Waals surface area (Å²) in [5, 5.41) is 3.07. The summed E-state index contributed by atoms with van der Waals surface area (Å²) in [7, 11) is 0. The van der Waals surface area contributed by atoms with Crippen molar-refractivity contribution in [1.82, 2.24) is 4.98 Å². The highest BCUT2D eigenvalue weighted by molar-refractivity contribution is 5.93. The Morgan fingerprint density at radius 1 is 1.03 bits per heavy atom. The topological polar surface area (TPSA) is 99.9 Å². The lowest BCUT2D eigenvalue weighted by molar-refractivity contribution is 0.0517. The maximum absolute atomic E-state index is 11.9. The predicted octanol–water partition coefficient (Wildman–Crippen LogP) is 3.98. The van der Waals surface area contributed by atoms with Gasteiger partial charge in [0.2, 0.25) is 11.8 Å². The largest absolute Gasteiger partial charge is 0.462 e. The van der Waals surface area contributed by atoms with Crippen LogP contribution in [0.1, 0.15) is 40.5 Å². The molecule has 2 aromatic carbocycles. The van der Waals surface area contributed by atoms with Crippen LogP contribution >= 0.6 is 0 Å². The van der Waals surface area contributed by atoms with Crippen molar-refractivity contribution in [2.24, 2.45) is 0 Å². The molecule has 29 heavy (non-hydrogen) atoms. The number of hydrogen-bond donors (Lipinski definition) is 1. The van der Waals surface area contributed by atoms with Crippen molar-refractivity contribution in [1.29, 1.82) is 0 Å². The molecule has 1 N–H and O–H groups in total. The molecule has 0 spiro atoms. The summed E-state index contributed by atoms with van der Waals surface area (Å²) in [4.78, 5) is 28.1. The van der Waals surface area contributed by atoms with Gasteiger partial charge in [-0.05, 0) is 50.2 Å². The van der Waals surface area contributed by atoms with Gasteiger partial charge in [0, 0.05) is 0 Å². The normalized spacial score (nSPS) is 13.7. The van der Waals surface area contributed by atoms with Crippen LogP contribution in [0.3, 0.4) is 0 Å². The monoisotopic (exact) mass is 394 g/mol. The van der Waals surface area contributed by atoms with Gasteiger partial charge in [-0.3, -0.25) is 0 Å². The lowest BCUT2D eigenvalue weighted by Crippen LogP contribution is -2.04. The number of carbonyl (C=O) groups is 2. The first-order valence-corrected chi connectivity index (χ1v) is 9.13. The highest BCUT2D eigenvalue weighted by atomic mass is 16.5. The molecule has 1 aromatic heterocycles. The van der Waals surface area contributed by atoms with Crippen molar-refractivity contribution >= 4 is 34.8 Å². The second-order valence-electron chi connectivity index (χ2n) is 6.12. The van der Waals surface area contributed by atoms with E-state index in [0.717, 1.165) is 0 Å². The van der Waals surface area contributed by atoms with E-state index >= 15 is 0 Å². The number of nitrogens with one attached hydrogen (secondary N) is 1. The number of carbonyl (C=O) groups excluding carboxylic acids is 2. The molecule has 0 radical (unpaired) electrons. The van der Waals surface area contributed by atoms with Crippen molar-refractivity contribution < 1.29 is 28.2 Å². The van der Waals surface area contributed by atoms with E-state index in [1.165, 1.54) is 0 Å². The minimum absolute atomic E-state index is 0.300. The van der Waals surface area contributed by atoms with Crippen LogP contribution in [0, 0.1) is 0 Å². The Balaban J connectivity index is 1.55. The maximum Gasteiger partial charge on any atom is 0.338 e. The van der Waals surface area contributed by atoms with E-state index in [1.807, 2.05) is 0 Å². The predicted molar refractivity (Wildman–Crippen MR) is 105 cm³/mol. The molecule has 4 rings (SSSR count). The highest BCUT2D eigenvalue weighted by Crippen LogP contribution is 2.35. The number of esters is 2. The molecule has 0 amide bonds. The molecule has 2 heterocycles. The Labute approximate surface area is 166 Å². The van der Waals surface area contributed by atoms with Gasteiger partial charge in [-0.1, -0.05) is 0 Å². The Kier molecular flexibility index (Phi) is 4.90. The zero-order valence-electron chi connectivity index (χ0n) is 15.9. The fraction of sp³-hybridized carbons (Fsp3) is 0.190. The fourth-order valence-electron chi connectivity index (χ4n) is 2.86. The minimum atomic E-state index is -0.411. The SMILES string of the molecule is CCOC(=O)c1ccc2c(c1)NC(=Cc1nc3cc(C(=O)OCC)ccc3o1)O2. The van der Waals surface area contributed by atoms with Crippen molar-refractivity contribution in [3.8, 4) is 5.75 Å². The summed E-state index contributed by atoms with van der Waals surface area (Å²) in [6, 6.07) is 9.89. The molecular weight excluding hydrogens is 376 g/mol. The molecule has 0 saturated heterocycles. The number of nitrogens with zero attached hydrogens (tertiary/aromatic N) is 1. The number of ether oxygens (including phenoxy) is 3. The quantitative estimate of drug-likeness (QED) is 0.649. The molecule has 0 bridgehead atoms. The molecule has 0 saturated carbocycles. The molecule has 8 nitrogen and oxygen atoms in total. The molecule has 1 aliphatic rings. The summed E-state index contributed by atoms with van der Waals surface area (Å²) in [6.07, 6.45) is 1.59. The van der Waals surface area contributed by atoms with Gasteiger partial charge in [0.25, 0.3) is 0 Å². The number of rotatable bonds is 5. The average Bonchev–Trinajstić information content (AvgIpc) is 3.29. The molecule has 3 aromatic rings. The first kappa shape index (κ1) is 18.5. The second kappa shape index (κ2) is 7.67. The number of anilines is 1. The Morgan fingerprint density at radius 2 is 1.72 bits per heavy atom. The minimum Gasteiger partial charge on any atom is -0.462 e. The van der Waals surface area contributed by atoms with Gasteiger partial charge in [-0.15, -0.1) is 0 Å². The lowest BCUT2D eigenvalue weighted by Gasteiger charge is -2.02. The second-order valence-corrected chi connectivity index (χ2v) is 6.12. The fourth-order valence-corrected chi connectivity index (χ4v) is 2.86. The Hall–Kier alpha value is -3.81. The van der Waals surface area contributed by atoms with Crippen LogP contribution in [0.2, 0.25) is 0 Å². The summed E-state index contributed by atoms with van der Waals surface area (Å²) < 4.78 is 21.4. The standard InChI is InChI=1S/C21H18N2O6/c1-3-26-20(24)12-5-7-16-14(9-12)22-18(28-16)11-19-23-15-10-13(21(25)27-4-2)6-8-17(15)29-19/h5-11,22H,3-4H2,1-2H3. The van der Waals surface area contributed by atoms with Crippen molar-refractivity contribution in [2.45, 2.75) is 13.8 Å². The van der Waals surface area contributed by atoms with E-state index in [9.17, 15) is 9.59 Å². The molecule has 1 aliphatic heterocycles. The average molecular weight is 394 g/mol. The molecule has 0 unspecified atom stereocenters. The van der Waals surface area contributed by atoms with E-state index in [0.29, 0.717) is 58.7 Å². The summed E-state index contributed by atoms with van der Waals surface area (Å²) in [5.74, 6) is 0.474. The molecule has 0 fully saturated rings. The van der Waals surface area contributed by atoms with Gasteiger partial charge >= 0.3 is 11.9 Å².